The lowest BCUT2D eigenvalue weighted by atomic mass is 9.43. The van der Waals surface area contributed by atoms with Gasteiger partial charge in [0.1, 0.15) is 6.04 Å². The van der Waals surface area contributed by atoms with Gasteiger partial charge in [-0.1, -0.05) is 33.1 Å². The summed E-state index contributed by atoms with van der Waals surface area (Å²) < 4.78 is 13.1. The van der Waals surface area contributed by atoms with Crippen molar-refractivity contribution in [3.05, 3.63) is 10.1 Å². The third kappa shape index (κ3) is 7.57. The van der Waals surface area contributed by atoms with Crippen molar-refractivity contribution in [3.63, 3.8) is 0 Å². The van der Waals surface area contributed by atoms with E-state index in [4.69, 9.17) is 14.7 Å². The van der Waals surface area contributed by atoms with Crippen LogP contribution in [0.3, 0.4) is 0 Å². The topological polar surface area (TPSA) is 168 Å². The molecule has 1 aliphatic heterocycles. The average Bonchev–Trinajstić information content (AvgIpc) is 3.20. The number of nitrogens with one attached hydrogen (secondary N) is 5. The smallest absolute Gasteiger partial charge is 0.404 e. The SMILES string of the molecule is CSCCC(=O)N[C@@H](CCCNC(=N)N[N+](=O)[O-])C(=O)N[C@@H](CC(C)C)B1O[C@@H]2C[C@@H]3C[C@@H](C3(C)C)[C@]2(C)O1. The highest BCUT2D eigenvalue weighted by Gasteiger charge is 2.68. The summed E-state index contributed by atoms with van der Waals surface area (Å²) in [5.41, 5.74) is 1.56. The Morgan fingerprint density at radius 2 is 1.95 bits per heavy atom. The van der Waals surface area contributed by atoms with E-state index in [0.717, 1.165) is 12.8 Å². The fraction of sp³-hybridized carbons (Fsp3) is 0.880. The molecule has 5 N–H and O–H groups in total. The summed E-state index contributed by atoms with van der Waals surface area (Å²) in [6.45, 7) is 11.2. The highest BCUT2D eigenvalue weighted by Crippen LogP contribution is 2.65. The molecule has 6 atom stereocenters. The van der Waals surface area contributed by atoms with Crippen molar-refractivity contribution in [2.75, 3.05) is 18.6 Å². The maximum Gasteiger partial charge on any atom is 0.481 e. The number of nitrogens with zero attached hydrogens (tertiary/aromatic N) is 1. The zero-order chi connectivity index (χ0) is 29.0. The van der Waals surface area contributed by atoms with Crippen molar-refractivity contribution in [2.45, 2.75) is 96.8 Å². The Kier molecular flexibility index (Phi) is 10.5. The van der Waals surface area contributed by atoms with Gasteiger partial charge in [-0.25, -0.2) is 10.1 Å². The number of carbonyl (C=O) groups excluding carboxylic acids is 2. The number of hydrogen-bond acceptors (Lipinski definition) is 8. The fourth-order valence-corrected chi connectivity index (χ4v) is 6.87. The summed E-state index contributed by atoms with van der Waals surface area (Å²) >= 11 is 1.55. The predicted molar refractivity (Wildman–Crippen MR) is 152 cm³/mol. The van der Waals surface area contributed by atoms with Crippen LogP contribution in [0.25, 0.3) is 0 Å². The molecule has 3 saturated carbocycles. The zero-order valence-electron chi connectivity index (χ0n) is 24.0. The maximum absolute atomic E-state index is 13.5. The van der Waals surface area contributed by atoms with Gasteiger partial charge in [-0.05, 0) is 68.5 Å². The highest BCUT2D eigenvalue weighted by atomic mass is 32.2. The van der Waals surface area contributed by atoms with Crippen molar-refractivity contribution >= 4 is 36.7 Å². The van der Waals surface area contributed by atoms with Crippen LogP contribution in [-0.2, 0) is 18.9 Å². The summed E-state index contributed by atoms with van der Waals surface area (Å²) in [4.78, 5) is 36.5. The van der Waals surface area contributed by atoms with Crippen molar-refractivity contribution in [1.82, 2.24) is 21.4 Å². The first kappa shape index (κ1) is 31.5. The van der Waals surface area contributed by atoms with Gasteiger partial charge in [-0.2, -0.15) is 11.8 Å². The van der Waals surface area contributed by atoms with Gasteiger partial charge in [0, 0.05) is 18.7 Å². The molecule has 2 bridgehead atoms. The summed E-state index contributed by atoms with van der Waals surface area (Å²) in [6, 6.07) is -0.792. The largest absolute Gasteiger partial charge is 0.481 e. The zero-order valence-corrected chi connectivity index (χ0v) is 24.8. The first-order chi connectivity index (χ1) is 18.3. The van der Waals surface area contributed by atoms with Gasteiger partial charge in [0.15, 0.2) is 5.03 Å². The lowest BCUT2D eigenvalue weighted by molar-refractivity contribution is -0.525. The Labute approximate surface area is 236 Å². The summed E-state index contributed by atoms with van der Waals surface area (Å²) in [5.74, 6) is 0.621. The molecule has 4 aliphatic rings. The Morgan fingerprint density at radius 3 is 2.56 bits per heavy atom. The van der Waals surface area contributed by atoms with Crippen LogP contribution in [0.1, 0.15) is 73.1 Å². The van der Waals surface area contributed by atoms with Crippen molar-refractivity contribution in [3.8, 4) is 0 Å². The summed E-state index contributed by atoms with van der Waals surface area (Å²) in [6.07, 6.45) is 5.68. The molecule has 0 radical (unpaired) electrons. The lowest BCUT2D eigenvalue weighted by Crippen LogP contribution is -2.65. The number of thioether (sulfide) groups is 1. The van der Waals surface area contributed by atoms with E-state index in [1.807, 2.05) is 6.26 Å². The Hall–Kier alpha value is -2.06. The van der Waals surface area contributed by atoms with Gasteiger partial charge < -0.3 is 25.3 Å². The molecule has 4 rings (SSSR count). The van der Waals surface area contributed by atoms with Crippen molar-refractivity contribution in [1.29, 1.82) is 5.41 Å². The molecule has 39 heavy (non-hydrogen) atoms. The van der Waals surface area contributed by atoms with Crippen LogP contribution in [0.15, 0.2) is 0 Å². The third-order valence-corrected chi connectivity index (χ3v) is 9.32. The van der Waals surface area contributed by atoms with Gasteiger partial charge in [-0.15, -0.1) is 0 Å². The number of hydrazine groups is 1. The molecule has 4 fully saturated rings. The fourth-order valence-electron chi connectivity index (χ4n) is 6.48. The molecule has 0 aromatic heterocycles. The van der Waals surface area contributed by atoms with E-state index < -0.39 is 24.2 Å². The van der Waals surface area contributed by atoms with Crippen LogP contribution in [0, 0.1) is 38.7 Å². The molecule has 0 aromatic rings. The Bertz CT molecular complexity index is 925. The molecule has 1 heterocycles. The molecule has 14 heteroatoms. The summed E-state index contributed by atoms with van der Waals surface area (Å²) in [7, 11) is -0.565. The number of carbonyl (C=O) groups is 2. The minimum atomic E-state index is -0.819. The van der Waals surface area contributed by atoms with Crippen molar-refractivity contribution in [2.24, 2.45) is 23.2 Å². The molecule has 0 unspecified atom stereocenters. The molecule has 12 nitrogen and oxygen atoms in total. The molecule has 220 valence electrons. The second-order valence-electron chi connectivity index (χ2n) is 12.3. The highest BCUT2D eigenvalue weighted by molar-refractivity contribution is 7.98. The molecule has 0 aromatic carbocycles. The van der Waals surface area contributed by atoms with E-state index in [1.165, 1.54) is 0 Å². The first-order valence-corrected chi connectivity index (χ1v) is 15.3. The molecular formula is C25H45BN6O6S. The summed E-state index contributed by atoms with van der Waals surface area (Å²) in [5, 5.41) is 25.8. The quantitative estimate of drug-likeness (QED) is 0.0526. The van der Waals surface area contributed by atoms with Crippen LogP contribution in [0.5, 0.6) is 0 Å². The molecule has 2 amide bonds. The molecular weight excluding hydrogens is 523 g/mol. The van der Waals surface area contributed by atoms with Crippen molar-refractivity contribution < 1.29 is 23.9 Å². The van der Waals surface area contributed by atoms with Crippen LogP contribution < -0.4 is 21.4 Å². The lowest BCUT2D eigenvalue weighted by Gasteiger charge is -2.64. The van der Waals surface area contributed by atoms with Gasteiger partial charge in [-0.3, -0.25) is 15.0 Å². The van der Waals surface area contributed by atoms with E-state index in [-0.39, 0.29) is 47.3 Å². The Morgan fingerprint density at radius 1 is 1.23 bits per heavy atom. The normalized spacial score (nSPS) is 28.1. The second-order valence-corrected chi connectivity index (χ2v) is 13.2. The van der Waals surface area contributed by atoms with Crippen LogP contribution in [0.4, 0.5) is 0 Å². The van der Waals surface area contributed by atoms with E-state index >= 15 is 0 Å². The average molecular weight is 569 g/mol. The number of amides is 2. The Balaban J connectivity index is 1.65. The van der Waals surface area contributed by atoms with E-state index in [1.54, 1.807) is 17.2 Å². The number of nitro groups is 1. The van der Waals surface area contributed by atoms with Gasteiger partial charge in [0.05, 0.1) is 17.6 Å². The first-order valence-electron chi connectivity index (χ1n) is 13.9. The minimum absolute atomic E-state index is 0.00190. The van der Waals surface area contributed by atoms with Crippen LogP contribution in [0.2, 0.25) is 0 Å². The van der Waals surface area contributed by atoms with Crippen LogP contribution >= 0.6 is 11.8 Å². The molecule has 1 saturated heterocycles. The van der Waals surface area contributed by atoms with E-state index in [0.29, 0.717) is 43.3 Å². The number of hydrogen-bond donors (Lipinski definition) is 5. The predicted octanol–water partition coefficient (Wildman–Crippen LogP) is 2.11. The standard InChI is InChI=1S/C25H45BN6O6S/c1-15(2)12-20(26-37-19-14-16-13-18(24(16,3)4)25(19,5)38-26)30-22(34)17(29-21(33)9-11-39-6)8-7-10-28-23(27)31-32(35)36/h15-20H,7-14H2,1-6H3,(H,29,33)(H,30,34)(H3,27,28,31)/t16-,17-,18-,19+,20-,25-/m0/s1. The van der Waals surface area contributed by atoms with Gasteiger partial charge in [0.2, 0.25) is 11.8 Å². The van der Waals surface area contributed by atoms with E-state index in [9.17, 15) is 19.7 Å². The maximum atomic E-state index is 13.5. The monoisotopic (exact) mass is 568 g/mol. The number of rotatable bonds is 14. The second kappa shape index (κ2) is 13.1. The van der Waals surface area contributed by atoms with Crippen LogP contribution in [-0.4, -0.2) is 72.2 Å². The minimum Gasteiger partial charge on any atom is -0.404 e. The van der Waals surface area contributed by atoms with Gasteiger partial charge >= 0.3 is 7.12 Å². The molecule has 0 spiro atoms. The molecule has 3 aliphatic carbocycles. The third-order valence-electron chi connectivity index (χ3n) is 8.71. The van der Waals surface area contributed by atoms with Gasteiger partial charge in [0.25, 0.3) is 5.96 Å². The number of guanidine groups is 1. The van der Waals surface area contributed by atoms with E-state index in [2.05, 4.69) is 50.6 Å².